The highest BCUT2D eigenvalue weighted by Crippen LogP contribution is 2.16. The maximum absolute atomic E-state index is 12.1. The third-order valence-corrected chi connectivity index (χ3v) is 3.60. The van der Waals surface area contributed by atoms with Crippen LogP contribution in [0.1, 0.15) is 26.4 Å². The van der Waals surface area contributed by atoms with Gasteiger partial charge in [-0.3, -0.25) is 9.89 Å². The van der Waals surface area contributed by atoms with Crippen molar-refractivity contribution in [2.24, 2.45) is 5.10 Å². The van der Waals surface area contributed by atoms with Crippen molar-refractivity contribution in [2.75, 3.05) is 7.11 Å². The van der Waals surface area contributed by atoms with Gasteiger partial charge in [-0.05, 0) is 23.8 Å². The molecule has 1 aromatic heterocycles. The zero-order valence-electron chi connectivity index (χ0n) is 14.0. The molecule has 0 aliphatic heterocycles. The first-order valence-corrected chi connectivity index (χ1v) is 7.80. The van der Waals surface area contributed by atoms with Crippen LogP contribution in [0.15, 0.2) is 65.8 Å². The molecular weight excluding hydrogens is 332 g/mol. The lowest BCUT2D eigenvalue weighted by molar-refractivity contribution is 0.0600. The summed E-state index contributed by atoms with van der Waals surface area (Å²) in [5.41, 5.74) is 5.50. The summed E-state index contributed by atoms with van der Waals surface area (Å²) in [4.78, 5) is 23.5. The van der Waals surface area contributed by atoms with E-state index in [9.17, 15) is 9.59 Å². The number of nitrogens with one attached hydrogen (secondary N) is 2. The van der Waals surface area contributed by atoms with E-state index >= 15 is 0 Å². The summed E-state index contributed by atoms with van der Waals surface area (Å²) in [5.74, 6) is -0.808. The number of methoxy groups -OCH3 is 1. The molecule has 2 aromatic carbocycles. The fourth-order valence-electron chi connectivity index (χ4n) is 2.24. The molecule has 0 saturated carbocycles. The van der Waals surface area contributed by atoms with E-state index < -0.39 is 11.9 Å². The van der Waals surface area contributed by atoms with Crippen LogP contribution < -0.4 is 5.43 Å². The number of hydrazone groups is 1. The first-order valence-electron chi connectivity index (χ1n) is 7.80. The van der Waals surface area contributed by atoms with E-state index in [1.165, 1.54) is 13.3 Å². The molecule has 3 rings (SSSR count). The van der Waals surface area contributed by atoms with E-state index in [2.05, 4.69) is 25.5 Å². The van der Waals surface area contributed by atoms with Gasteiger partial charge in [-0.2, -0.15) is 10.2 Å². The van der Waals surface area contributed by atoms with Crippen LogP contribution in [0.25, 0.3) is 11.3 Å². The molecular formula is C19H16N4O3. The highest BCUT2D eigenvalue weighted by Gasteiger charge is 2.10. The number of nitrogens with zero attached hydrogens (tertiary/aromatic N) is 2. The van der Waals surface area contributed by atoms with Gasteiger partial charge >= 0.3 is 5.97 Å². The Balaban J connectivity index is 1.61. The number of carbonyl (C=O) groups excluding carboxylic acids is 2. The predicted molar refractivity (Wildman–Crippen MR) is 96.9 cm³/mol. The van der Waals surface area contributed by atoms with E-state index in [0.717, 1.165) is 11.1 Å². The number of benzene rings is 2. The fraction of sp³-hybridized carbons (Fsp3) is 0.0526. The molecule has 0 aliphatic carbocycles. The zero-order valence-corrected chi connectivity index (χ0v) is 14.0. The molecule has 0 saturated heterocycles. The van der Waals surface area contributed by atoms with Crippen LogP contribution in [0.4, 0.5) is 0 Å². The first-order chi connectivity index (χ1) is 12.7. The molecule has 130 valence electrons. The largest absolute Gasteiger partial charge is 0.465 e. The maximum atomic E-state index is 12.1. The summed E-state index contributed by atoms with van der Waals surface area (Å²) in [7, 11) is 1.33. The molecule has 0 radical (unpaired) electrons. The van der Waals surface area contributed by atoms with E-state index in [-0.39, 0.29) is 0 Å². The molecule has 2 N–H and O–H groups in total. The molecule has 0 bridgehead atoms. The number of H-pyrrole nitrogens is 1. The smallest absolute Gasteiger partial charge is 0.337 e. The summed E-state index contributed by atoms with van der Waals surface area (Å²) in [6, 6.07) is 17.8. The van der Waals surface area contributed by atoms with Crippen LogP contribution in [0.2, 0.25) is 0 Å². The molecule has 1 amide bonds. The molecule has 0 spiro atoms. The Bertz CT molecular complexity index is 931. The first kappa shape index (κ1) is 17.1. The number of hydrogen-bond acceptors (Lipinski definition) is 5. The Morgan fingerprint density at radius 1 is 1.12 bits per heavy atom. The monoisotopic (exact) mass is 348 g/mol. The Kier molecular flexibility index (Phi) is 5.19. The Morgan fingerprint density at radius 2 is 1.85 bits per heavy atom. The van der Waals surface area contributed by atoms with Crippen molar-refractivity contribution in [3.05, 3.63) is 77.5 Å². The van der Waals surface area contributed by atoms with Crippen molar-refractivity contribution in [3.8, 4) is 11.3 Å². The number of aromatic amines is 1. The van der Waals surface area contributed by atoms with Gasteiger partial charge in [0.25, 0.3) is 5.91 Å². The minimum atomic E-state index is -0.407. The SMILES string of the molecule is COC(=O)c1ccc(/C=N\NC(=O)c2cc(-c3ccccc3)n[nH]2)cc1. The van der Waals surface area contributed by atoms with Crippen LogP contribution in [0.5, 0.6) is 0 Å². The lowest BCUT2D eigenvalue weighted by Gasteiger charge is -1.99. The topological polar surface area (TPSA) is 96.4 Å². The maximum Gasteiger partial charge on any atom is 0.337 e. The van der Waals surface area contributed by atoms with E-state index in [1.54, 1.807) is 30.3 Å². The molecule has 26 heavy (non-hydrogen) atoms. The molecule has 3 aromatic rings. The lowest BCUT2D eigenvalue weighted by atomic mass is 10.1. The second kappa shape index (κ2) is 7.89. The van der Waals surface area contributed by atoms with Crippen molar-refractivity contribution in [2.45, 2.75) is 0 Å². The average Bonchev–Trinajstić information content (AvgIpc) is 3.19. The number of amides is 1. The minimum absolute atomic E-state index is 0.307. The van der Waals surface area contributed by atoms with Crippen LogP contribution in [-0.4, -0.2) is 35.4 Å². The Morgan fingerprint density at radius 3 is 2.54 bits per heavy atom. The summed E-state index contributed by atoms with van der Waals surface area (Å²) in [6.45, 7) is 0. The van der Waals surface area contributed by atoms with Gasteiger partial charge in [0.15, 0.2) is 0 Å². The number of carbonyl (C=O) groups is 2. The van der Waals surface area contributed by atoms with Gasteiger partial charge in [-0.1, -0.05) is 42.5 Å². The van der Waals surface area contributed by atoms with Gasteiger partial charge in [0, 0.05) is 5.56 Å². The minimum Gasteiger partial charge on any atom is -0.465 e. The number of rotatable bonds is 5. The summed E-state index contributed by atoms with van der Waals surface area (Å²) in [5, 5.41) is 10.7. The Hall–Kier alpha value is -3.74. The predicted octanol–water partition coefficient (Wildman–Crippen LogP) is 2.63. The summed E-state index contributed by atoms with van der Waals surface area (Å²) >= 11 is 0. The molecule has 0 unspecified atom stereocenters. The highest BCUT2D eigenvalue weighted by molar-refractivity contribution is 5.94. The van der Waals surface area contributed by atoms with Crippen LogP contribution in [-0.2, 0) is 4.74 Å². The van der Waals surface area contributed by atoms with Crippen molar-refractivity contribution in [1.29, 1.82) is 0 Å². The second-order valence-electron chi connectivity index (χ2n) is 5.35. The fourth-order valence-corrected chi connectivity index (χ4v) is 2.24. The van der Waals surface area contributed by atoms with Crippen molar-refractivity contribution in [3.63, 3.8) is 0 Å². The number of esters is 1. The summed E-state index contributed by atoms with van der Waals surface area (Å²) < 4.78 is 4.63. The third-order valence-electron chi connectivity index (χ3n) is 3.60. The summed E-state index contributed by atoms with van der Waals surface area (Å²) in [6.07, 6.45) is 1.48. The van der Waals surface area contributed by atoms with Gasteiger partial charge in [-0.25, -0.2) is 10.2 Å². The van der Waals surface area contributed by atoms with Gasteiger partial charge in [0.1, 0.15) is 5.69 Å². The lowest BCUT2D eigenvalue weighted by Crippen LogP contribution is -2.18. The highest BCUT2D eigenvalue weighted by atomic mass is 16.5. The average molecular weight is 348 g/mol. The van der Waals surface area contributed by atoms with Crippen molar-refractivity contribution < 1.29 is 14.3 Å². The van der Waals surface area contributed by atoms with Gasteiger partial charge < -0.3 is 4.74 Å². The molecule has 1 heterocycles. The Labute approximate surface area is 149 Å². The normalized spacial score (nSPS) is 10.7. The van der Waals surface area contributed by atoms with Gasteiger partial charge in [0.05, 0.1) is 24.6 Å². The van der Waals surface area contributed by atoms with Gasteiger partial charge in [0.2, 0.25) is 0 Å². The molecule has 7 nitrogen and oxygen atoms in total. The van der Waals surface area contributed by atoms with Crippen molar-refractivity contribution >= 4 is 18.1 Å². The van der Waals surface area contributed by atoms with E-state index in [4.69, 9.17) is 0 Å². The van der Waals surface area contributed by atoms with Gasteiger partial charge in [-0.15, -0.1) is 0 Å². The zero-order chi connectivity index (χ0) is 18.4. The molecule has 0 fully saturated rings. The molecule has 0 atom stereocenters. The van der Waals surface area contributed by atoms with Crippen molar-refractivity contribution in [1.82, 2.24) is 15.6 Å². The molecule has 7 heteroatoms. The number of ether oxygens (including phenoxy) is 1. The van der Waals surface area contributed by atoms with Crippen LogP contribution >= 0.6 is 0 Å². The van der Waals surface area contributed by atoms with E-state index in [1.807, 2.05) is 30.3 Å². The van der Waals surface area contributed by atoms with Crippen LogP contribution in [0, 0.1) is 0 Å². The van der Waals surface area contributed by atoms with Crippen LogP contribution in [0.3, 0.4) is 0 Å². The standard InChI is InChI=1S/C19H16N4O3/c1-26-19(25)15-9-7-13(8-10-15)12-20-23-18(24)17-11-16(21-22-17)14-5-3-2-4-6-14/h2-12H,1H3,(H,21,22)(H,23,24)/b20-12-. The number of aromatic nitrogens is 2. The number of hydrogen-bond donors (Lipinski definition) is 2. The quantitative estimate of drug-likeness (QED) is 0.421. The second-order valence-corrected chi connectivity index (χ2v) is 5.35. The molecule has 0 aliphatic rings. The van der Waals surface area contributed by atoms with E-state index in [0.29, 0.717) is 17.0 Å². The third kappa shape index (κ3) is 4.02.